The summed E-state index contributed by atoms with van der Waals surface area (Å²) in [6.45, 7) is 0. The van der Waals surface area contributed by atoms with Crippen LogP contribution in [0, 0.1) is 5.41 Å². The van der Waals surface area contributed by atoms with Gasteiger partial charge in [0.05, 0.1) is 17.3 Å². The molecule has 1 aromatic carbocycles. The Morgan fingerprint density at radius 1 is 1.45 bits per heavy atom. The van der Waals surface area contributed by atoms with E-state index in [0.717, 1.165) is 16.0 Å². The second kappa shape index (κ2) is 3.70. The molecule has 0 saturated carbocycles. The molecule has 4 rings (SSSR count). The Balaban J connectivity index is 2.25. The molecule has 0 amide bonds. The lowest BCUT2D eigenvalue weighted by Crippen LogP contribution is -2.14. The molecule has 4 aromatic rings. The number of benzene rings is 1. The van der Waals surface area contributed by atoms with Crippen molar-refractivity contribution in [3.63, 3.8) is 0 Å². The highest BCUT2D eigenvalue weighted by molar-refractivity contribution is 7.23. The van der Waals surface area contributed by atoms with Crippen LogP contribution in [0.1, 0.15) is 0 Å². The number of methoxy groups -OCH3 is 1. The number of anilines is 1. The first-order valence-corrected chi connectivity index (χ1v) is 6.68. The first-order chi connectivity index (χ1) is 9.69. The fraction of sp³-hybridized carbons (Fsp3) is 0.0833. The number of hydrogen-bond donors (Lipinski definition) is 3. The van der Waals surface area contributed by atoms with E-state index in [0.29, 0.717) is 21.8 Å². The molecular weight excluding hydrogens is 276 g/mol. The molecule has 0 radical (unpaired) electrons. The zero-order valence-electron chi connectivity index (χ0n) is 10.5. The number of aromatic amines is 1. The number of aromatic nitrogens is 4. The molecule has 4 N–H and O–H groups in total. The molecule has 7 nitrogen and oxygen atoms in total. The fourth-order valence-corrected chi connectivity index (χ4v) is 3.33. The highest BCUT2D eigenvalue weighted by Crippen LogP contribution is 2.28. The number of nitrogen functional groups attached to an aromatic ring is 1. The smallest absolute Gasteiger partial charge is 0.198 e. The van der Waals surface area contributed by atoms with Crippen LogP contribution in [-0.4, -0.2) is 26.7 Å². The standard InChI is InChI=1S/C12H10N6OS/c1-19-5-2-3-6-7(4-5)20-12-15-11-8(9(13)16-17-11)10(14)18(6)12/h2-4,14H,1H3,(H3,13,16,17). The van der Waals surface area contributed by atoms with Crippen molar-refractivity contribution in [3.8, 4) is 5.75 Å². The van der Waals surface area contributed by atoms with Crippen LogP contribution < -0.4 is 16.0 Å². The zero-order valence-corrected chi connectivity index (χ0v) is 11.3. The molecule has 0 bridgehead atoms. The highest BCUT2D eigenvalue weighted by Gasteiger charge is 2.13. The molecule has 100 valence electrons. The van der Waals surface area contributed by atoms with E-state index < -0.39 is 0 Å². The van der Waals surface area contributed by atoms with E-state index in [1.807, 2.05) is 18.2 Å². The summed E-state index contributed by atoms with van der Waals surface area (Å²) >= 11 is 1.49. The van der Waals surface area contributed by atoms with Gasteiger partial charge in [0.15, 0.2) is 10.6 Å². The molecule has 0 aliphatic carbocycles. The molecule has 20 heavy (non-hydrogen) atoms. The van der Waals surface area contributed by atoms with Gasteiger partial charge >= 0.3 is 0 Å². The number of ether oxygens (including phenoxy) is 1. The predicted molar refractivity (Wildman–Crippen MR) is 77.0 cm³/mol. The van der Waals surface area contributed by atoms with E-state index in [4.69, 9.17) is 15.9 Å². The topological polar surface area (TPSA) is 105 Å². The summed E-state index contributed by atoms with van der Waals surface area (Å²) < 4.78 is 7.99. The molecular formula is C12H10N6OS. The summed E-state index contributed by atoms with van der Waals surface area (Å²) in [7, 11) is 1.63. The number of hydrogen-bond acceptors (Lipinski definition) is 6. The summed E-state index contributed by atoms with van der Waals surface area (Å²) in [5.74, 6) is 1.14. The van der Waals surface area contributed by atoms with Gasteiger partial charge in [-0.2, -0.15) is 10.1 Å². The van der Waals surface area contributed by atoms with E-state index in [2.05, 4.69) is 15.2 Å². The SMILES string of the molecule is COc1ccc2c(c1)sc1nc3n[nH]c(N)c3c(=N)n12. The minimum absolute atomic E-state index is 0.285. The summed E-state index contributed by atoms with van der Waals surface area (Å²) in [5.41, 5.74) is 7.48. The lowest BCUT2D eigenvalue weighted by atomic mass is 10.3. The van der Waals surface area contributed by atoms with Gasteiger partial charge in [-0.15, -0.1) is 0 Å². The van der Waals surface area contributed by atoms with E-state index in [1.54, 1.807) is 11.5 Å². The Morgan fingerprint density at radius 2 is 2.30 bits per heavy atom. The Labute approximate surface area is 116 Å². The average molecular weight is 286 g/mol. The highest BCUT2D eigenvalue weighted by atomic mass is 32.1. The van der Waals surface area contributed by atoms with Crippen molar-refractivity contribution in [3.05, 3.63) is 23.7 Å². The maximum atomic E-state index is 8.35. The number of nitrogens with two attached hydrogens (primary N) is 1. The normalized spacial score (nSPS) is 11.7. The molecule has 3 aromatic heterocycles. The summed E-state index contributed by atoms with van der Waals surface area (Å²) in [6.07, 6.45) is 0. The monoisotopic (exact) mass is 286 g/mol. The van der Waals surface area contributed by atoms with Crippen molar-refractivity contribution in [1.29, 1.82) is 5.41 Å². The Kier molecular flexibility index (Phi) is 2.08. The third kappa shape index (κ3) is 1.31. The van der Waals surface area contributed by atoms with Gasteiger partial charge in [0.25, 0.3) is 0 Å². The summed E-state index contributed by atoms with van der Waals surface area (Å²) in [6, 6.07) is 5.71. The van der Waals surface area contributed by atoms with Crippen LogP contribution in [0.4, 0.5) is 5.82 Å². The van der Waals surface area contributed by atoms with Crippen molar-refractivity contribution in [2.75, 3.05) is 12.8 Å². The molecule has 0 spiro atoms. The molecule has 8 heteroatoms. The van der Waals surface area contributed by atoms with Crippen molar-refractivity contribution >= 4 is 43.4 Å². The van der Waals surface area contributed by atoms with Crippen molar-refractivity contribution in [1.82, 2.24) is 19.6 Å². The van der Waals surface area contributed by atoms with Gasteiger partial charge in [-0.25, -0.2) is 0 Å². The fourth-order valence-electron chi connectivity index (χ4n) is 2.29. The van der Waals surface area contributed by atoms with Gasteiger partial charge in [0.2, 0.25) is 0 Å². The number of fused-ring (bicyclic) bond motifs is 4. The molecule has 0 atom stereocenters. The molecule has 0 unspecified atom stereocenters. The second-order valence-electron chi connectivity index (χ2n) is 4.35. The van der Waals surface area contributed by atoms with Gasteiger partial charge in [-0.1, -0.05) is 11.3 Å². The maximum Gasteiger partial charge on any atom is 0.198 e. The van der Waals surface area contributed by atoms with E-state index in [-0.39, 0.29) is 5.49 Å². The van der Waals surface area contributed by atoms with E-state index in [1.165, 1.54) is 11.3 Å². The molecule has 0 saturated heterocycles. The minimum atomic E-state index is 0.285. The zero-order chi connectivity index (χ0) is 13.9. The number of nitrogens with one attached hydrogen (secondary N) is 2. The quantitative estimate of drug-likeness (QED) is 0.493. The predicted octanol–water partition coefficient (Wildman–Crippen LogP) is 1.50. The van der Waals surface area contributed by atoms with Crippen LogP contribution >= 0.6 is 11.3 Å². The first kappa shape index (κ1) is 11.2. The van der Waals surface area contributed by atoms with Gasteiger partial charge in [-0.05, 0) is 18.2 Å². The van der Waals surface area contributed by atoms with Gasteiger partial charge in [0, 0.05) is 0 Å². The molecule has 0 aliphatic heterocycles. The number of rotatable bonds is 1. The lowest BCUT2D eigenvalue weighted by molar-refractivity contribution is 0.415. The van der Waals surface area contributed by atoms with E-state index >= 15 is 0 Å². The van der Waals surface area contributed by atoms with Gasteiger partial charge in [-0.3, -0.25) is 14.9 Å². The van der Waals surface area contributed by atoms with Crippen LogP contribution in [0.2, 0.25) is 0 Å². The average Bonchev–Trinajstić information content (AvgIpc) is 2.99. The van der Waals surface area contributed by atoms with Crippen LogP contribution in [0.25, 0.3) is 26.2 Å². The van der Waals surface area contributed by atoms with Gasteiger partial charge < -0.3 is 10.5 Å². The molecule has 0 fully saturated rings. The summed E-state index contributed by atoms with van der Waals surface area (Å²) in [4.78, 5) is 5.16. The lowest BCUT2D eigenvalue weighted by Gasteiger charge is -1.99. The van der Waals surface area contributed by atoms with Gasteiger partial charge in [0.1, 0.15) is 22.4 Å². The largest absolute Gasteiger partial charge is 0.497 e. The Morgan fingerprint density at radius 3 is 3.10 bits per heavy atom. The van der Waals surface area contributed by atoms with Crippen molar-refractivity contribution in [2.45, 2.75) is 0 Å². The Bertz CT molecular complexity index is 1030. The van der Waals surface area contributed by atoms with E-state index in [9.17, 15) is 0 Å². The molecule has 0 aliphatic rings. The second-order valence-corrected chi connectivity index (χ2v) is 5.36. The van der Waals surface area contributed by atoms with Crippen molar-refractivity contribution in [2.24, 2.45) is 0 Å². The van der Waals surface area contributed by atoms with Crippen LogP contribution in [-0.2, 0) is 0 Å². The first-order valence-electron chi connectivity index (χ1n) is 5.86. The number of thiazole rings is 1. The molecule has 3 heterocycles. The van der Waals surface area contributed by atoms with Crippen LogP contribution in [0.15, 0.2) is 18.2 Å². The number of nitrogens with zero attached hydrogens (tertiary/aromatic N) is 3. The Hall–Kier alpha value is -2.61. The number of H-pyrrole nitrogens is 1. The van der Waals surface area contributed by atoms with Crippen LogP contribution in [0.5, 0.6) is 5.75 Å². The van der Waals surface area contributed by atoms with Crippen LogP contribution in [0.3, 0.4) is 0 Å². The van der Waals surface area contributed by atoms with Crippen molar-refractivity contribution < 1.29 is 4.74 Å². The summed E-state index contributed by atoms with van der Waals surface area (Å²) in [5, 5.41) is 15.6. The maximum absolute atomic E-state index is 8.35. The third-order valence-corrected chi connectivity index (χ3v) is 4.24. The third-order valence-electron chi connectivity index (χ3n) is 3.24. The minimum Gasteiger partial charge on any atom is -0.497 e.